The summed E-state index contributed by atoms with van der Waals surface area (Å²) in [6, 6.07) is 0.551. The smallest absolute Gasteiger partial charge is 0.226 e. The maximum atomic E-state index is 13.3. The first-order chi connectivity index (χ1) is 11.2. The quantitative estimate of drug-likeness (QED) is 0.903. The molecule has 2 N–H and O–H groups in total. The summed E-state index contributed by atoms with van der Waals surface area (Å²) < 4.78 is 0. The standard InChI is InChI=1S/C18H27N3OS/c19-16-12-4-3-5-13(16)11-14(10-12)18(22)21-8-2-1-6-15(21)17-20-7-9-23-17/h7,9,12-16H,1-6,8,10-11,19H2. The molecule has 3 unspecified atom stereocenters. The largest absolute Gasteiger partial charge is 0.333 e. The van der Waals surface area contributed by atoms with Gasteiger partial charge in [-0.2, -0.15) is 0 Å². The Hall–Kier alpha value is -0.940. The highest BCUT2D eigenvalue weighted by atomic mass is 32.1. The number of aromatic nitrogens is 1. The highest BCUT2D eigenvalue weighted by Gasteiger charge is 2.43. The first-order valence-corrected chi connectivity index (χ1v) is 10.1. The Labute approximate surface area is 142 Å². The van der Waals surface area contributed by atoms with Gasteiger partial charge in [-0.1, -0.05) is 6.42 Å². The highest BCUT2D eigenvalue weighted by molar-refractivity contribution is 7.09. The minimum atomic E-state index is 0.200. The second kappa shape index (κ2) is 6.52. The van der Waals surface area contributed by atoms with E-state index in [2.05, 4.69) is 9.88 Å². The van der Waals surface area contributed by atoms with E-state index in [-0.39, 0.29) is 12.0 Å². The zero-order valence-corrected chi connectivity index (χ0v) is 14.5. The zero-order valence-electron chi connectivity index (χ0n) is 13.7. The van der Waals surface area contributed by atoms with E-state index in [1.54, 1.807) is 11.3 Å². The van der Waals surface area contributed by atoms with E-state index in [1.165, 1.54) is 25.7 Å². The molecular weight excluding hydrogens is 306 g/mol. The molecule has 0 aromatic carbocycles. The van der Waals surface area contributed by atoms with Gasteiger partial charge in [0.15, 0.2) is 0 Å². The summed E-state index contributed by atoms with van der Waals surface area (Å²) in [6.07, 6.45) is 11.0. The van der Waals surface area contributed by atoms with Gasteiger partial charge in [0.1, 0.15) is 5.01 Å². The molecule has 2 heterocycles. The summed E-state index contributed by atoms with van der Waals surface area (Å²) in [5.41, 5.74) is 6.40. The minimum Gasteiger partial charge on any atom is -0.333 e. The molecule has 3 atom stereocenters. The van der Waals surface area contributed by atoms with Crippen LogP contribution in [0.15, 0.2) is 11.6 Å². The SMILES string of the molecule is NC1C2CCCC1CC(C(=O)N1CCCCC1c1nccs1)C2. The molecule has 2 aliphatic carbocycles. The molecule has 0 spiro atoms. The third-order valence-corrected chi connectivity index (χ3v) is 7.16. The predicted octanol–water partition coefficient (Wildman–Crippen LogP) is 3.35. The predicted molar refractivity (Wildman–Crippen MR) is 91.9 cm³/mol. The second-order valence-corrected chi connectivity index (χ2v) is 8.54. The molecule has 5 heteroatoms. The Morgan fingerprint density at radius 1 is 1.17 bits per heavy atom. The average Bonchev–Trinajstić information content (AvgIpc) is 3.08. The summed E-state index contributed by atoms with van der Waals surface area (Å²) in [6.45, 7) is 0.904. The Balaban J connectivity index is 1.51. The fraction of sp³-hybridized carbons (Fsp3) is 0.778. The Bertz CT molecular complexity index is 532. The van der Waals surface area contributed by atoms with Crippen LogP contribution in [0.1, 0.15) is 62.4 Å². The lowest BCUT2D eigenvalue weighted by Gasteiger charge is -2.45. The number of rotatable bonds is 2. The van der Waals surface area contributed by atoms with Gasteiger partial charge < -0.3 is 10.6 Å². The Morgan fingerprint density at radius 2 is 1.96 bits per heavy atom. The van der Waals surface area contributed by atoms with E-state index in [9.17, 15) is 4.79 Å². The van der Waals surface area contributed by atoms with Crippen molar-refractivity contribution in [3.63, 3.8) is 0 Å². The first-order valence-electron chi connectivity index (χ1n) is 9.19. The third-order valence-electron chi connectivity index (χ3n) is 6.28. The maximum absolute atomic E-state index is 13.3. The van der Waals surface area contributed by atoms with E-state index in [4.69, 9.17) is 5.73 Å². The lowest BCUT2D eigenvalue weighted by Crippen LogP contribution is -2.50. The van der Waals surface area contributed by atoms with Crippen LogP contribution in [0, 0.1) is 17.8 Å². The fourth-order valence-electron chi connectivity index (χ4n) is 5.08. The summed E-state index contributed by atoms with van der Waals surface area (Å²) >= 11 is 1.69. The van der Waals surface area contributed by atoms with Crippen molar-refractivity contribution in [2.75, 3.05) is 6.54 Å². The Morgan fingerprint density at radius 3 is 2.65 bits per heavy atom. The van der Waals surface area contributed by atoms with Gasteiger partial charge >= 0.3 is 0 Å². The number of nitrogens with zero attached hydrogens (tertiary/aromatic N) is 2. The van der Waals surface area contributed by atoms with Crippen molar-refractivity contribution in [1.82, 2.24) is 9.88 Å². The number of hydrogen-bond donors (Lipinski definition) is 1. The van der Waals surface area contributed by atoms with Crippen molar-refractivity contribution in [2.24, 2.45) is 23.5 Å². The molecule has 1 aromatic heterocycles. The number of nitrogens with two attached hydrogens (primary N) is 1. The number of likely N-dealkylation sites (tertiary alicyclic amines) is 1. The summed E-state index contributed by atoms with van der Waals surface area (Å²) in [7, 11) is 0. The van der Waals surface area contributed by atoms with Gasteiger partial charge in [-0.05, 0) is 56.8 Å². The van der Waals surface area contributed by atoms with Gasteiger partial charge in [-0.25, -0.2) is 4.98 Å². The van der Waals surface area contributed by atoms with Gasteiger partial charge in [0.25, 0.3) is 0 Å². The lowest BCUT2D eigenvalue weighted by atomic mass is 9.64. The topological polar surface area (TPSA) is 59.2 Å². The normalized spacial score (nSPS) is 37.6. The van der Waals surface area contributed by atoms with E-state index in [0.29, 0.717) is 23.8 Å². The van der Waals surface area contributed by atoms with Crippen molar-refractivity contribution in [3.8, 4) is 0 Å². The number of hydrogen-bond acceptors (Lipinski definition) is 4. The number of fused-ring (bicyclic) bond motifs is 2. The van der Waals surface area contributed by atoms with E-state index in [0.717, 1.165) is 37.2 Å². The van der Waals surface area contributed by atoms with Gasteiger partial charge in [-0.3, -0.25) is 4.79 Å². The molecule has 3 aliphatic rings. The molecule has 1 aliphatic heterocycles. The third kappa shape index (κ3) is 2.93. The van der Waals surface area contributed by atoms with E-state index >= 15 is 0 Å². The number of amides is 1. The van der Waals surface area contributed by atoms with Crippen LogP contribution in [-0.2, 0) is 4.79 Å². The molecule has 4 nitrogen and oxygen atoms in total. The average molecular weight is 334 g/mol. The molecule has 0 radical (unpaired) electrons. The molecule has 1 amide bonds. The second-order valence-electron chi connectivity index (χ2n) is 7.61. The van der Waals surface area contributed by atoms with Crippen molar-refractivity contribution >= 4 is 17.2 Å². The van der Waals surface area contributed by atoms with Gasteiger partial charge in [0, 0.05) is 30.1 Å². The van der Waals surface area contributed by atoms with Crippen LogP contribution in [0.2, 0.25) is 0 Å². The number of piperidine rings is 1. The maximum Gasteiger partial charge on any atom is 0.226 e. The molecular formula is C18H27N3OS. The summed E-state index contributed by atoms with van der Waals surface area (Å²) in [5, 5.41) is 3.14. The molecule has 2 saturated carbocycles. The minimum absolute atomic E-state index is 0.200. The van der Waals surface area contributed by atoms with Gasteiger partial charge in [-0.15, -0.1) is 11.3 Å². The Kier molecular flexibility index (Phi) is 4.41. The summed E-state index contributed by atoms with van der Waals surface area (Å²) in [4.78, 5) is 19.9. The molecule has 4 rings (SSSR count). The first kappa shape index (κ1) is 15.6. The van der Waals surface area contributed by atoms with Crippen LogP contribution >= 0.6 is 11.3 Å². The highest BCUT2D eigenvalue weighted by Crippen LogP contribution is 2.44. The van der Waals surface area contributed by atoms with Crippen LogP contribution in [0.25, 0.3) is 0 Å². The molecule has 3 fully saturated rings. The van der Waals surface area contributed by atoms with E-state index in [1.807, 2.05) is 11.6 Å². The molecule has 23 heavy (non-hydrogen) atoms. The number of thiazole rings is 1. The molecule has 126 valence electrons. The van der Waals surface area contributed by atoms with E-state index < -0.39 is 0 Å². The van der Waals surface area contributed by atoms with Crippen molar-refractivity contribution in [2.45, 2.75) is 63.5 Å². The molecule has 1 saturated heterocycles. The summed E-state index contributed by atoms with van der Waals surface area (Å²) in [5.74, 6) is 1.72. The van der Waals surface area contributed by atoms with Gasteiger partial charge in [0.05, 0.1) is 6.04 Å². The van der Waals surface area contributed by atoms with Crippen molar-refractivity contribution < 1.29 is 4.79 Å². The van der Waals surface area contributed by atoms with Crippen LogP contribution in [0.3, 0.4) is 0 Å². The van der Waals surface area contributed by atoms with Crippen molar-refractivity contribution in [3.05, 3.63) is 16.6 Å². The van der Waals surface area contributed by atoms with Crippen LogP contribution in [0.4, 0.5) is 0 Å². The molecule has 1 aromatic rings. The molecule has 2 bridgehead atoms. The fourth-order valence-corrected chi connectivity index (χ4v) is 5.86. The lowest BCUT2D eigenvalue weighted by molar-refractivity contribution is -0.142. The number of carbonyl (C=O) groups excluding carboxylic acids is 1. The van der Waals surface area contributed by atoms with Crippen LogP contribution in [-0.4, -0.2) is 28.4 Å². The zero-order chi connectivity index (χ0) is 15.8. The van der Waals surface area contributed by atoms with Crippen LogP contribution in [0.5, 0.6) is 0 Å². The monoisotopic (exact) mass is 333 g/mol. The van der Waals surface area contributed by atoms with Crippen molar-refractivity contribution in [1.29, 1.82) is 0 Å². The number of carbonyl (C=O) groups is 1. The van der Waals surface area contributed by atoms with Crippen LogP contribution < -0.4 is 5.73 Å². The van der Waals surface area contributed by atoms with Gasteiger partial charge in [0.2, 0.25) is 5.91 Å².